The molecule has 2 rings (SSSR count). The molecule has 2 aromatic rings. The molecule has 1 amide bonds. The van der Waals surface area contributed by atoms with Gasteiger partial charge in [0.15, 0.2) is 0 Å². The van der Waals surface area contributed by atoms with Gasteiger partial charge in [-0.15, -0.1) is 0 Å². The maximum atomic E-state index is 12.2. The van der Waals surface area contributed by atoms with E-state index in [1.54, 1.807) is 13.8 Å². The van der Waals surface area contributed by atoms with Crippen LogP contribution in [-0.2, 0) is 11.2 Å². The van der Waals surface area contributed by atoms with E-state index in [9.17, 15) is 9.59 Å². The monoisotopic (exact) mass is 363 g/mol. The zero-order valence-corrected chi connectivity index (χ0v) is 14.3. The zero-order chi connectivity index (χ0) is 16.3. The number of carbonyl (C=O) groups excluding carboxylic acids is 1. The Bertz CT molecular complexity index is 755. The molecule has 0 fully saturated rings. The molecule has 6 heteroatoms. The van der Waals surface area contributed by atoms with Crippen molar-refractivity contribution in [1.82, 2.24) is 15.3 Å². The lowest BCUT2D eigenvalue weighted by Crippen LogP contribution is -2.31. The summed E-state index contributed by atoms with van der Waals surface area (Å²) in [6, 6.07) is 7.61. The van der Waals surface area contributed by atoms with Gasteiger partial charge in [0.25, 0.3) is 5.56 Å². The van der Waals surface area contributed by atoms with Crippen molar-refractivity contribution >= 4 is 21.8 Å². The molecule has 0 radical (unpaired) electrons. The van der Waals surface area contributed by atoms with Crippen LogP contribution in [0.25, 0.3) is 0 Å². The minimum absolute atomic E-state index is 0.0206. The van der Waals surface area contributed by atoms with Crippen LogP contribution in [0.5, 0.6) is 0 Å². The fourth-order valence-electron chi connectivity index (χ4n) is 2.27. The number of H-pyrrole nitrogens is 1. The minimum Gasteiger partial charge on any atom is -0.349 e. The van der Waals surface area contributed by atoms with E-state index in [1.807, 2.05) is 31.2 Å². The van der Waals surface area contributed by atoms with Gasteiger partial charge in [-0.25, -0.2) is 4.98 Å². The molecule has 1 heterocycles. The average molecular weight is 364 g/mol. The molecule has 2 N–H and O–H groups in total. The maximum Gasteiger partial charge on any atom is 0.254 e. The largest absolute Gasteiger partial charge is 0.349 e. The van der Waals surface area contributed by atoms with Gasteiger partial charge < -0.3 is 10.3 Å². The predicted octanol–water partition coefficient (Wildman–Crippen LogP) is 2.57. The van der Waals surface area contributed by atoms with Crippen molar-refractivity contribution in [2.75, 3.05) is 0 Å². The van der Waals surface area contributed by atoms with Crippen molar-refractivity contribution in [2.24, 2.45) is 0 Å². The fourth-order valence-corrected chi connectivity index (χ4v) is 2.69. The number of hydrogen-bond donors (Lipinski definition) is 2. The summed E-state index contributed by atoms with van der Waals surface area (Å²) >= 11 is 3.41. The van der Waals surface area contributed by atoms with E-state index in [0.29, 0.717) is 17.1 Å². The summed E-state index contributed by atoms with van der Waals surface area (Å²) in [6.07, 6.45) is 0.0206. The third kappa shape index (κ3) is 4.04. The molecule has 0 saturated carbocycles. The van der Waals surface area contributed by atoms with Gasteiger partial charge in [-0.2, -0.15) is 0 Å². The summed E-state index contributed by atoms with van der Waals surface area (Å²) in [5.41, 5.74) is 1.74. The molecular weight excluding hydrogens is 346 g/mol. The second kappa shape index (κ2) is 6.87. The molecule has 0 saturated heterocycles. The van der Waals surface area contributed by atoms with Crippen LogP contribution in [0.1, 0.15) is 35.6 Å². The Morgan fingerprint density at radius 3 is 2.77 bits per heavy atom. The highest BCUT2D eigenvalue weighted by Crippen LogP contribution is 2.17. The topological polar surface area (TPSA) is 74.8 Å². The molecule has 1 aromatic heterocycles. The lowest BCUT2D eigenvalue weighted by atomic mass is 10.1. The lowest BCUT2D eigenvalue weighted by Gasteiger charge is -2.15. The number of aryl methyl sites for hydroxylation is 2. The Morgan fingerprint density at radius 2 is 2.14 bits per heavy atom. The summed E-state index contributed by atoms with van der Waals surface area (Å²) in [5, 5.41) is 2.90. The Labute approximate surface area is 137 Å². The average Bonchev–Trinajstić information content (AvgIpc) is 2.42. The molecule has 0 spiro atoms. The molecule has 1 atom stereocenters. The Kier molecular flexibility index (Phi) is 5.13. The first kappa shape index (κ1) is 16.4. The summed E-state index contributed by atoms with van der Waals surface area (Å²) in [5.74, 6) is 0.348. The number of benzene rings is 1. The van der Waals surface area contributed by atoms with Crippen LogP contribution in [0.15, 0.2) is 33.5 Å². The summed E-state index contributed by atoms with van der Waals surface area (Å²) in [4.78, 5) is 30.9. The number of nitrogens with one attached hydrogen (secondary N) is 2. The van der Waals surface area contributed by atoms with Crippen LogP contribution in [0.3, 0.4) is 0 Å². The van der Waals surface area contributed by atoms with Gasteiger partial charge in [0.05, 0.1) is 12.5 Å². The highest BCUT2D eigenvalue weighted by Gasteiger charge is 2.14. The van der Waals surface area contributed by atoms with Crippen molar-refractivity contribution in [3.05, 3.63) is 61.7 Å². The van der Waals surface area contributed by atoms with E-state index in [4.69, 9.17) is 0 Å². The number of aromatic amines is 1. The predicted molar refractivity (Wildman–Crippen MR) is 88.7 cm³/mol. The molecule has 0 aliphatic heterocycles. The molecular formula is C16H18BrN3O2. The van der Waals surface area contributed by atoms with Crippen LogP contribution in [0.4, 0.5) is 0 Å². The normalized spacial score (nSPS) is 12.0. The number of aromatic nitrogens is 2. The van der Waals surface area contributed by atoms with Crippen molar-refractivity contribution < 1.29 is 4.79 Å². The molecule has 0 aliphatic carbocycles. The first-order chi connectivity index (χ1) is 10.4. The van der Waals surface area contributed by atoms with Gasteiger partial charge in [0.2, 0.25) is 5.91 Å². The Hall–Kier alpha value is -1.95. The SMILES string of the molecule is Cc1nc(C)c(CC(=O)N[C@@H](C)c2cccc(Br)c2)c(=O)[nH]1. The van der Waals surface area contributed by atoms with E-state index in [-0.39, 0.29) is 23.9 Å². The summed E-state index contributed by atoms with van der Waals surface area (Å²) < 4.78 is 0.959. The summed E-state index contributed by atoms with van der Waals surface area (Å²) in [7, 11) is 0. The van der Waals surface area contributed by atoms with Gasteiger partial charge in [0.1, 0.15) is 5.82 Å². The van der Waals surface area contributed by atoms with E-state index >= 15 is 0 Å². The van der Waals surface area contributed by atoms with Crippen LogP contribution < -0.4 is 10.9 Å². The van der Waals surface area contributed by atoms with Crippen LogP contribution in [0.2, 0.25) is 0 Å². The number of carbonyl (C=O) groups is 1. The number of hydrogen-bond acceptors (Lipinski definition) is 3. The van der Waals surface area contributed by atoms with Crippen molar-refractivity contribution in [3.63, 3.8) is 0 Å². The van der Waals surface area contributed by atoms with Gasteiger partial charge in [-0.1, -0.05) is 28.1 Å². The lowest BCUT2D eigenvalue weighted by molar-refractivity contribution is -0.121. The number of amides is 1. The van der Waals surface area contributed by atoms with Crippen LogP contribution in [-0.4, -0.2) is 15.9 Å². The summed E-state index contributed by atoms with van der Waals surface area (Å²) in [6.45, 7) is 5.36. The zero-order valence-electron chi connectivity index (χ0n) is 12.7. The molecule has 116 valence electrons. The van der Waals surface area contributed by atoms with Crippen LogP contribution >= 0.6 is 15.9 Å². The second-order valence-electron chi connectivity index (χ2n) is 5.24. The van der Waals surface area contributed by atoms with E-state index in [2.05, 4.69) is 31.2 Å². The molecule has 0 bridgehead atoms. The van der Waals surface area contributed by atoms with Crippen molar-refractivity contribution in [1.29, 1.82) is 0 Å². The first-order valence-electron chi connectivity index (χ1n) is 6.98. The second-order valence-corrected chi connectivity index (χ2v) is 6.15. The standard InChI is InChI=1S/C16H18BrN3O2/c1-9(12-5-4-6-13(17)7-12)19-15(21)8-14-10(2)18-11(3)20-16(14)22/h4-7,9H,8H2,1-3H3,(H,19,21)(H,18,20,22)/t9-/m0/s1. The first-order valence-corrected chi connectivity index (χ1v) is 7.77. The number of halogens is 1. The van der Waals surface area contributed by atoms with Crippen molar-refractivity contribution in [2.45, 2.75) is 33.2 Å². The molecule has 0 aliphatic rings. The fraction of sp³-hybridized carbons (Fsp3) is 0.312. The van der Waals surface area contributed by atoms with Crippen molar-refractivity contribution in [3.8, 4) is 0 Å². The number of nitrogens with zero attached hydrogens (tertiary/aromatic N) is 1. The third-order valence-electron chi connectivity index (χ3n) is 3.40. The molecule has 22 heavy (non-hydrogen) atoms. The third-order valence-corrected chi connectivity index (χ3v) is 3.90. The van der Waals surface area contributed by atoms with Crippen LogP contribution in [0, 0.1) is 13.8 Å². The Balaban J connectivity index is 2.09. The van der Waals surface area contributed by atoms with Gasteiger partial charge >= 0.3 is 0 Å². The highest BCUT2D eigenvalue weighted by molar-refractivity contribution is 9.10. The van der Waals surface area contributed by atoms with Gasteiger partial charge in [-0.05, 0) is 38.5 Å². The Morgan fingerprint density at radius 1 is 1.41 bits per heavy atom. The highest BCUT2D eigenvalue weighted by atomic mass is 79.9. The quantitative estimate of drug-likeness (QED) is 0.876. The maximum absolute atomic E-state index is 12.2. The molecule has 1 aromatic carbocycles. The van der Waals surface area contributed by atoms with Gasteiger partial charge in [0, 0.05) is 15.7 Å². The van der Waals surface area contributed by atoms with E-state index in [0.717, 1.165) is 10.0 Å². The van der Waals surface area contributed by atoms with Gasteiger partial charge in [-0.3, -0.25) is 9.59 Å². The minimum atomic E-state index is -0.254. The molecule has 0 unspecified atom stereocenters. The number of rotatable bonds is 4. The van der Waals surface area contributed by atoms with E-state index in [1.165, 1.54) is 0 Å². The molecule has 5 nitrogen and oxygen atoms in total. The smallest absolute Gasteiger partial charge is 0.254 e. The van der Waals surface area contributed by atoms with E-state index < -0.39 is 0 Å².